The summed E-state index contributed by atoms with van der Waals surface area (Å²) in [6, 6.07) is 9.48. The van der Waals surface area contributed by atoms with E-state index in [9.17, 15) is 18.3 Å². The van der Waals surface area contributed by atoms with E-state index in [0.29, 0.717) is 11.2 Å². The summed E-state index contributed by atoms with van der Waals surface area (Å²) in [6.07, 6.45) is 5.59. The lowest BCUT2D eigenvalue weighted by atomic mass is 10.0. The monoisotopic (exact) mass is 413 g/mol. The summed E-state index contributed by atoms with van der Waals surface area (Å²) in [4.78, 5) is 11.4. The van der Waals surface area contributed by atoms with Gasteiger partial charge in [-0.05, 0) is 60.6 Å². The van der Waals surface area contributed by atoms with Crippen LogP contribution in [0.1, 0.15) is 38.7 Å². The first-order chi connectivity index (χ1) is 13.8. The van der Waals surface area contributed by atoms with Crippen molar-refractivity contribution >= 4 is 43.5 Å². The average Bonchev–Trinajstić information content (AvgIpc) is 3.32. The molecule has 0 fully saturated rings. The Morgan fingerprint density at radius 3 is 2.55 bits per heavy atom. The Balaban J connectivity index is 1.74. The van der Waals surface area contributed by atoms with E-state index in [4.69, 9.17) is 4.42 Å². The molecule has 0 amide bonds. The standard InChI is InChI=1S/C22H23NO5S/c1-13(2)21(22(24)25)23-29(26,27)16-8-9-17-18-11-15(14-5-3-4-6-14)7-10-19(18)28-20(17)12-16/h5,7-13,21,23H,3-4,6H2,1-2H3,(H,24,25)/t21-/m0/s1. The lowest BCUT2D eigenvalue weighted by Crippen LogP contribution is -2.44. The fourth-order valence-electron chi connectivity index (χ4n) is 3.76. The quantitative estimate of drug-likeness (QED) is 0.618. The average molecular weight is 413 g/mol. The zero-order valence-electron chi connectivity index (χ0n) is 16.3. The van der Waals surface area contributed by atoms with Gasteiger partial charge in [0.05, 0.1) is 4.90 Å². The minimum absolute atomic E-state index is 0.0188. The van der Waals surface area contributed by atoms with E-state index >= 15 is 0 Å². The molecule has 3 aromatic rings. The van der Waals surface area contributed by atoms with Crippen LogP contribution in [-0.2, 0) is 14.8 Å². The van der Waals surface area contributed by atoms with Gasteiger partial charge in [0, 0.05) is 16.8 Å². The molecule has 1 atom stereocenters. The van der Waals surface area contributed by atoms with E-state index in [0.717, 1.165) is 29.2 Å². The lowest BCUT2D eigenvalue weighted by Gasteiger charge is -2.17. The van der Waals surface area contributed by atoms with Gasteiger partial charge < -0.3 is 9.52 Å². The fourth-order valence-corrected chi connectivity index (χ4v) is 5.12. The number of fused-ring (bicyclic) bond motifs is 3. The Morgan fingerprint density at radius 1 is 1.10 bits per heavy atom. The molecule has 0 saturated carbocycles. The molecule has 6 nitrogen and oxygen atoms in total. The van der Waals surface area contributed by atoms with Crippen molar-refractivity contribution in [1.29, 1.82) is 0 Å². The Bertz CT molecular complexity index is 1240. The molecule has 1 heterocycles. The highest BCUT2D eigenvalue weighted by Gasteiger charge is 2.28. The van der Waals surface area contributed by atoms with E-state index in [-0.39, 0.29) is 10.8 Å². The van der Waals surface area contributed by atoms with Crippen molar-refractivity contribution in [2.75, 3.05) is 0 Å². The summed E-state index contributed by atoms with van der Waals surface area (Å²) >= 11 is 0. The Labute approximate surface area is 169 Å². The van der Waals surface area contributed by atoms with E-state index in [2.05, 4.69) is 16.9 Å². The van der Waals surface area contributed by atoms with Gasteiger partial charge in [0.25, 0.3) is 0 Å². The van der Waals surface area contributed by atoms with E-state index in [1.165, 1.54) is 24.1 Å². The van der Waals surface area contributed by atoms with Crippen LogP contribution in [0, 0.1) is 5.92 Å². The first-order valence-electron chi connectivity index (χ1n) is 9.67. The largest absolute Gasteiger partial charge is 0.480 e. The number of carboxylic acids is 1. The second-order valence-corrected chi connectivity index (χ2v) is 9.49. The van der Waals surface area contributed by atoms with Crippen LogP contribution in [0.3, 0.4) is 0 Å². The molecule has 0 bridgehead atoms. The van der Waals surface area contributed by atoms with Gasteiger partial charge in [0.2, 0.25) is 10.0 Å². The first-order valence-corrected chi connectivity index (χ1v) is 11.2. The molecule has 0 saturated heterocycles. The molecule has 0 radical (unpaired) electrons. The minimum Gasteiger partial charge on any atom is -0.480 e. The number of sulfonamides is 1. The highest BCUT2D eigenvalue weighted by atomic mass is 32.2. The van der Waals surface area contributed by atoms with Crippen molar-refractivity contribution < 1.29 is 22.7 Å². The van der Waals surface area contributed by atoms with Crippen LogP contribution in [0.25, 0.3) is 27.5 Å². The van der Waals surface area contributed by atoms with Gasteiger partial charge >= 0.3 is 5.97 Å². The highest BCUT2D eigenvalue weighted by Crippen LogP contribution is 2.35. The summed E-state index contributed by atoms with van der Waals surface area (Å²) in [5, 5.41) is 11.1. The van der Waals surface area contributed by atoms with Crippen LogP contribution in [0.15, 0.2) is 51.8 Å². The summed E-state index contributed by atoms with van der Waals surface area (Å²) in [5.74, 6) is -1.59. The van der Waals surface area contributed by atoms with Gasteiger partial charge in [-0.15, -0.1) is 0 Å². The molecular formula is C22H23NO5S. The maximum atomic E-state index is 12.7. The van der Waals surface area contributed by atoms with Crippen molar-refractivity contribution in [2.24, 2.45) is 5.92 Å². The van der Waals surface area contributed by atoms with Gasteiger partial charge in [-0.25, -0.2) is 8.42 Å². The van der Waals surface area contributed by atoms with E-state index in [1.54, 1.807) is 19.9 Å². The van der Waals surface area contributed by atoms with E-state index < -0.39 is 22.0 Å². The number of benzene rings is 2. The lowest BCUT2D eigenvalue weighted by molar-refractivity contribution is -0.140. The number of allylic oxidation sites excluding steroid dienone is 2. The molecule has 152 valence electrons. The molecular weight excluding hydrogens is 390 g/mol. The number of hydrogen-bond donors (Lipinski definition) is 2. The van der Waals surface area contributed by atoms with Crippen molar-refractivity contribution in [1.82, 2.24) is 4.72 Å². The topological polar surface area (TPSA) is 96.6 Å². The molecule has 0 aliphatic heterocycles. The van der Waals surface area contributed by atoms with Gasteiger partial charge in [-0.1, -0.05) is 26.0 Å². The molecule has 0 unspecified atom stereocenters. The predicted octanol–water partition coefficient (Wildman–Crippen LogP) is 4.54. The molecule has 29 heavy (non-hydrogen) atoms. The van der Waals surface area contributed by atoms with Gasteiger partial charge in [-0.3, -0.25) is 4.79 Å². The number of nitrogens with one attached hydrogen (secondary N) is 1. The molecule has 1 aromatic heterocycles. The molecule has 4 rings (SSSR count). The third-order valence-corrected chi connectivity index (χ3v) is 6.82. The second-order valence-electron chi connectivity index (χ2n) is 7.77. The Morgan fingerprint density at radius 2 is 1.90 bits per heavy atom. The zero-order chi connectivity index (χ0) is 20.8. The second kappa shape index (κ2) is 7.31. The minimum atomic E-state index is -4.00. The van der Waals surface area contributed by atoms with E-state index in [1.807, 2.05) is 12.1 Å². The molecule has 7 heteroatoms. The van der Waals surface area contributed by atoms with Crippen molar-refractivity contribution in [2.45, 2.75) is 44.0 Å². The van der Waals surface area contributed by atoms with Gasteiger partial charge in [0.1, 0.15) is 17.2 Å². The van der Waals surface area contributed by atoms with Crippen molar-refractivity contribution in [3.8, 4) is 0 Å². The SMILES string of the molecule is CC(C)[C@H](NS(=O)(=O)c1ccc2c(c1)oc1ccc(C3=CCCC3)cc12)C(=O)O. The number of carbonyl (C=O) groups is 1. The number of furan rings is 1. The highest BCUT2D eigenvalue weighted by molar-refractivity contribution is 7.89. The van der Waals surface area contributed by atoms with Crippen molar-refractivity contribution in [3.63, 3.8) is 0 Å². The van der Waals surface area contributed by atoms with Crippen LogP contribution in [0.2, 0.25) is 0 Å². The smallest absolute Gasteiger partial charge is 0.322 e. The number of carboxylic acid groups (broad SMARTS) is 1. The number of rotatable bonds is 6. The summed E-state index contributed by atoms with van der Waals surface area (Å²) in [7, 11) is -4.00. The molecule has 1 aliphatic rings. The number of aliphatic carboxylic acids is 1. The van der Waals surface area contributed by atoms with Crippen LogP contribution in [0.4, 0.5) is 0 Å². The van der Waals surface area contributed by atoms with Gasteiger partial charge in [0.15, 0.2) is 0 Å². The maximum Gasteiger partial charge on any atom is 0.322 e. The van der Waals surface area contributed by atoms with Crippen molar-refractivity contribution in [3.05, 3.63) is 48.0 Å². The molecule has 0 spiro atoms. The third-order valence-electron chi connectivity index (χ3n) is 5.38. The first kappa shape index (κ1) is 19.7. The zero-order valence-corrected chi connectivity index (χ0v) is 17.1. The van der Waals surface area contributed by atoms with Crippen LogP contribution >= 0.6 is 0 Å². The Kier molecular flexibility index (Phi) is 4.96. The fraction of sp³-hybridized carbons (Fsp3) is 0.318. The molecule has 2 aromatic carbocycles. The normalized spacial score (nSPS) is 15.9. The Hall–Kier alpha value is -2.64. The summed E-state index contributed by atoms with van der Waals surface area (Å²) in [5.41, 5.74) is 3.64. The van der Waals surface area contributed by atoms with Crippen LogP contribution in [-0.4, -0.2) is 25.5 Å². The maximum absolute atomic E-state index is 12.7. The molecule has 2 N–H and O–H groups in total. The third kappa shape index (κ3) is 3.68. The summed E-state index contributed by atoms with van der Waals surface area (Å²) in [6.45, 7) is 3.31. The molecule has 1 aliphatic carbocycles. The van der Waals surface area contributed by atoms with Crippen LogP contribution in [0.5, 0.6) is 0 Å². The summed E-state index contributed by atoms with van der Waals surface area (Å²) < 4.78 is 33.6. The van der Waals surface area contributed by atoms with Crippen LogP contribution < -0.4 is 4.72 Å². The van der Waals surface area contributed by atoms with Gasteiger partial charge in [-0.2, -0.15) is 4.72 Å². The predicted molar refractivity (Wildman–Crippen MR) is 112 cm³/mol. The number of hydrogen-bond acceptors (Lipinski definition) is 4.